The fourth-order valence-electron chi connectivity index (χ4n) is 5.02. The van der Waals surface area contributed by atoms with Gasteiger partial charge in [-0.2, -0.15) is 0 Å². The van der Waals surface area contributed by atoms with Gasteiger partial charge in [-0.3, -0.25) is 4.98 Å². The molecule has 0 saturated heterocycles. The minimum absolute atomic E-state index is 0.272. The topological polar surface area (TPSA) is 61.0 Å². The quantitative estimate of drug-likeness (QED) is 0.449. The maximum absolute atomic E-state index is 5.05. The molecular formula is C24H43N5. The lowest BCUT2D eigenvalue weighted by atomic mass is 9.89. The number of rotatable bonds is 10. The third kappa shape index (κ3) is 7.02. The third-order valence-electron chi connectivity index (χ3n) is 6.78. The molecule has 0 amide bonds. The first kappa shape index (κ1) is 22.7. The second-order valence-corrected chi connectivity index (χ2v) is 9.15. The normalized spacial score (nSPS) is 25.6. The summed E-state index contributed by atoms with van der Waals surface area (Å²) in [6.45, 7) is 6.59. The lowest BCUT2D eigenvalue weighted by molar-refractivity contribution is 0.267. The molecule has 2 aliphatic rings. The molecule has 3 rings (SSSR count). The van der Waals surface area contributed by atoms with Crippen molar-refractivity contribution in [2.75, 3.05) is 20.1 Å². The van der Waals surface area contributed by atoms with Gasteiger partial charge in [-0.1, -0.05) is 38.2 Å². The lowest BCUT2D eigenvalue weighted by Crippen LogP contribution is -2.51. The molecule has 0 bridgehead atoms. The Bertz CT molecular complexity index is 586. The summed E-state index contributed by atoms with van der Waals surface area (Å²) in [5.41, 5.74) is 2.34. The Kier molecular flexibility index (Phi) is 9.37. The maximum atomic E-state index is 5.05. The van der Waals surface area contributed by atoms with Crippen molar-refractivity contribution in [1.82, 2.24) is 26.3 Å². The zero-order valence-electron chi connectivity index (χ0n) is 18.8. The highest BCUT2D eigenvalue weighted by molar-refractivity contribution is 5.17. The Morgan fingerprint density at radius 1 is 0.828 bits per heavy atom. The van der Waals surface area contributed by atoms with Gasteiger partial charge in [-0.05, 0) is 58.7 Å². The predicted octanol–water partition coefficient (Wildman–Crippen LogP) is 3.84. The van der Waals surface area contributed by atoms with Crippen LogP contribution in [0.4, 0.5) is 0 Å². The van der Waals surface area contributed by atoms with Gasteiger partial charge in [0, 0.05) is 43.3 Å². The van der Waals surface area contributed by atoms with Crippen LogP contribution in [0, 0.1) is 0 Å². The molecule has 2 saturated carbocycles. The average Bonchev–Trinajstić information content (AvgIpc) is 2.76. The van der Waals surface area contributed by atoms with E-state index in [1.165, 1.54) is 69.2 Å². The van der Waals surface area contributed by atoms with E-state index < -0.39 is 0 Å². The maximum Gasteiger partial charge on any atom is 0.0574 e. The van der Waals surface area contributed by atoms with E-state index in [-0.39, 0.29) is 6.04 Å². The van der Waals surface area contributed by atoms with Gasteiger partial charge in [0.1, 0.15) is 0 Å². The second-order valence-electron chi connectivity index (χ2n) is 9.15. The number of hydrogen-bond donors (Lipinski definition) is 4. The van der Waals surface area contributed by atoms with E-state index in [9.17, 15) is 0 Å². The molecule has 0 unspecified atom stereocenters. The van der Waals surface area contributed by atoms with Gasteiger partial charge in [-0.25, -0.2) is 0 Å². The molecule has 1 heterocycles. The standard InChI is InChI=1S/C24H43N5/c1-18(27-20-10-5-4-6-11-20)21-14-9-15-22(29-21)19(2)28-24-13-8-7-12-23(24)26-17-16-25-3/h9,14-15,18-20,23-28H,4-8,10-13,16-17H2,1-3H3/t18-,19-,23+,24+/m0/s1. The number of likely N-dealkylation sites (N-methyl/N-ethyl adjacent to an activating group) is 1. The van der Waals surface area contributed by atoms with Crippen LogP contribution in [0.2, 0.25) is 0 Å². The van der Waals surface area contributed by atoms with Gasteiger partial charge in [0.05, 0.1) is 11.4 Å². The first-order valence-electron chi connectivity index (χ1n) is 12.0. The highest BCUT2D eigenvalue weighted by Crippen LogP contribution is 2.24. The fraction of sp³-hybridized carbons (Fsp3) is 0.792. The number of hydrogen-bond acceptors (Lipinski definition) is 5. The number of nitrogens with zero attached hydrogens (tertiary/aromatic N) is 1. The molecule has 0 aromatic carbocycles. The first-order valence-corrected chi connectivity index (χ1v) is 12.0. The van der Waals surface area contributed by atoms with Crippen LogP contribution >= 0.6 is 0 Å². The first-order chi connectivity index (χ1) is 14.2. The van der Waals surface area contributed by atoms with Gasteiger partial charge in [0.25, 0.3) is 0 Å². The van der Waals surface area contributed by atoms with Gasteiger partial charge < -0.3 is 21.3 Å². The Hall–Kier alpha value is -1.01. The lowest BCUT2D eigenvalue weighted by Gasteiger charge is -2.35. The molecule has 4 atom stereocenters. The molecule has 5 nitrogen and oxygen atoms in total. The van der Waals surface area contributed by atoms with Crippen LogP contribution in [0.3, 0.4) is 0 Å². The Balaban J connectivity index is 1.56. The molecule has 5 heteroatoms. The van der Waals surface area contributed by atoms with E-state index in [0.29, 0.717) is 24.2 Å². The summed E-state index contributed by atoms with van der Waals surface area (Å²) in [6.07, 6.45) is 11.9. The second kappa shape index (κ2) is 12.0. The number of nitrogens with one attached hydrogen (secondary N) is 4. The summed E-state index contributed by atoms with van der Waals surface area (Å²) in [4.78, 5) is 5.05. The van der Waals surface area contributed by atoms with Crippen molar-refractivity contribution >= 4 is 0 Å². The minimum atomic E-state index is 0.272. The SMILES string of the molecule is CNCCN[C@@H]1CCCC[C@H]1N[C@@H](C)c1cccc([C@H](C)NC2CCCCC2)n1. The third-order valence-corrected chi connectivity index (χ3v) is 6.78. The van der Waals surface area contributed by atoms with Crippen molar-refractivity contribution in [2.24, 2.45) is 0 Å². The summed E-state index contributed by atoms with van der Waals surface area (Å²) >= 11 is 0. The van der Waals surface area contributed by atoms with Crippen LogP contribution in [-0.4, -0.2) is 43.2 Å². The highest BCUT2D eigenvalue weighted by atomic mass is 15.1. The average molecular weight is 402 g/mol. The molecule has 4 N–H and O–H groups in total. The zero-order chi connectivity index (χ0) is 20.5. The van der Waals surface area contributed by atoms with Crippen LogP contribution in [0.1, 0.15) is 95.1 Å². The summed E-state index contributed by atoms with van der Waals surface area (Å²) in [5, 5.41) is 14.7. The number of pyridine rings is 1. The van der Waals surface area contributed by atoms with Crippen LogP contribution in [0.15, 0.2) is 18.2 Å². The van der Waals surface area contributed by atoms with E-state index in [1.807, 2.05) is 7.05 Å². The van der Waals surface area contributed by atoms with Crippen LogP contribution in [-0.2, 0) is 0 Å². The number of aromatic nitrogens is 1. The van der Waals surface area contributed by atoms with Crippen molar-refractivity contribution in [3.05, 3.63) is 29.6 Å². The minimum Gasteiger partial charge on any atom is -0.318 e. The van der Waals surface area contributed by atoms with Gasteiger partial charge in [0.15, 0.2) is 0 Å². The molecule has 29 heavy (non-hydrogen) atoms. The van der Waals surface area contributed by atoms with E-state index in [4.69, 9.17) is 4.98 Å². The van der Waals surface area contributed by atoms with E-state index >= 15 is 0 Å². The molecule has 1 aromatic heterocycles. The molecular weight excluding hydrogens is 358 g/mol. The van der Waals surface area contributed by atoms with E-state index in [1.54, 1.807) is 0 Å². The zero-order valence-corrected chi connectivity index (χ0v) is 18.8. The van der Waals surface area contributed by atoms with Crippen LogP contribution < -0.4 is 21.3 Å². The fourth-order valence-corrected chi connectivity index (χ4v) is 5.02. The van der Waals surface area contributed by atoms with Crippen molar-refractivity contribution in [1.29, 1.82) is 0 Å². The molecule has 0 aliphatic heterocycles. The molecule has 164 valence electrons. The molecule has 0 radical (unpaired) electrons. The summed E-state index contributed by atoms with van der Waals surface area (Å²) in [6, 6.07) is 8.88. The molecule has 2 aliphatic carbocycles. The van der Waals surface area contributed by atoms with Gasteiger partial charge in [-0.15, -0.1) is 0 Å². The highest BCUT2D eigenvalue weighted by Gasteiger charge is 2.26. The van der Waals surface area contributed by atoms with Gasteiger partial charge >= 0.3 is 0 Å². The predicted molar refractivity (Wildman–Crippen MR) is 122 cm³/mol. The monoisotopic (exact) mass is 401 g/mol. The smallest absolute Gasteiger partial charge is 0.0574 e. The Labute approximate surface area is 178 Å². The van der Waals surface area contributed by atoms with Crippen molar-refractivity contribution < 1.29 is 0 Å². The van der Waals surface area contributed by atoms with Crippen molar-refractivity contribution in [3.8, 4) is 0 Å². The van der Waals surface area contributed by atoms with Crippen molar-refractivity contribution in [3.63, 3.8) is 0 Å². The molecule has 1 aromatic rings. The van der Waals surface area contributed by atoms with Gasteiger partial charge in [0.2, 0.25) is 0 Å². The van der Waals surface area contributed by atoms with Crippen molar-refractivity contribution in [2.45, 2.75) is 102 Å². The Morgan fingerprint density at radius 2 is 1.45 bits per heavy atom. The van der Waals surface area contributed by atoms with Crippen LogP contribution in [0.25, 0.3) is 0 Å². The summed E-state index contributed by atoms with van der Waals surface area (Å²) in [5.74, 6) is 0. The summed E-state index contributed by atoms with van der Waals surface area (Å²) < 4.78 is 0. The van der Waals surface area contributed by atoms with Crippen LogP contribution in [0.5, 0.6) is 0 Å². The van der Waals surface area contributed by atoms with E-state index in [0.717, 1.165) is 13.1 Å². The largest absolute Gasteiger partial charge is 0.318 e. The Morgan fingerprint density at radius 3 is 2.14 bits per heavy atom. The van der Waals surface area contributed by atoms with E-state index in [2.05, 4.69) is 53.3 Å². The molecule has 2 fully saturated rings. The molecule has 0 spiro atoms. The summed E-state index contributed by atoms with van der Waals surface area (Å²) in [7, 11) is 2.02.